The predicted molar refractivity (Wildman–Crippen MR) is 264 cm³/mol. The molecule has 4 unspecified atom stereocenters. The Hall–Kier alpha value is -1.34. The Labute approximate surface area is 457 Å². The Morgan fingerprint density at radius 1 is 0.411 bits per heavy atom. The predicted octanol–water partition coefficient (Wildman–Crippen LogP) is 5.20. The molecule has 4 aromatic rings. The maximum absolute atomic E-state index is 10.4. The van der Waals surface area contributed by atoms with Gasteiger partial charge in [0, 0.05) is 0 Å². The van der Waals surface area contributed by atoms with Crippen molar-refractivity contribution in [2.75, 3.05) is 13.2 Å². The Morgan fingerprint density at radius 3 is 0.973 bits per heavy atom. The number of unbranched alkanes of at least 4 members (excludes halogenated alkanes) is 14. The molecule has 0 aliphatic rings. The van der Waals surface area contributed by atoms with Crippen molar-refractivity contribution >= 4 is 40.6 Å². The van der Waals surface area contributed by atoms with Crippen LogP contribution in [0.3, 0.4) is 0 Å². The number of aliphatic hydroxyl groups is 2. The summed E-state index contributed by atoms with van der Waals surface area (Å²) in [5, 5.41) is 20.8. The molecule has 0 spiro atoms. The molecule has 0 radical (unpaired) electrons. The van der Waals surface area contributed by atoms with Crippen LogP contribution in [0, 0.1) is 33.0 Å². The van der Waals surface area contributed by atoms with E-state index in [1.165, 1.54) is 123 Å². The van der Waals surface area contributed by atoms with Gasteiger partial charge in [-0.3, -0.25) is 0 Å². The van der Waals surface area contributed by atoms with Gasteiger partial charge in [0.15, 0.2) is 14.3 Å². The molecule has 0 bridgehead atoms. The summed E-state index contributed by atoms with van der Waals surface area (Å²) in [6.45, 7) is 11.7. The number of aliphatic hydroxyl groups excluding tert-OH is 2. The number of ether oxygens (including phenoxy) is 2. The standard InChI is InChI=1S/C27H40IO2.C26H38IO2.12FH.2Sb/c1-4-5-6-7-8-9-10-11-12-23(3)27(29)21-30-26-19-17-25(18-20-26)28-24-15-13-22(2)14-16-24;1-3-4-5-6-7-8-9-11-14-22(2)26(28)21-29-25-19-17-24(18-20-25)27-23-15-12-10-13-16-23;;;;;;;;;;;;;;/h13-20,23,27,29H,4-12,21H2,1-3H3;10,12-13,15-20,22,26,28H,3-9,11,14,21H2,1-2H3;12*1H;;/q2*+1;;;;;;;;;;;;;2*+5/p-12. The fourth-order valence-electron chi connectivity index (χ4n) is 6.79. The molecule has 4 aromatic carbocycles. The summed E-state index contributed by atoms with van der Waals surface area (Å²) in [5.74, 6) is 2.28. The fourth-order valence-corrected chi connectivity index (χ4v) is 11.2. The van der Waals surface area contributed by atoms with Gasteiger partial charge in [0.1, 0.15) is 24.7 Å². The zero-order valence-corrected chi connectivity index (χ0v) is 52.1. The van der Waals surface area contributed by atoms with E-state index in [2.05, 4.69) is 113 Å². The molecule has 0 aliphatic heterocycles. The first-order valence-corrected chi connectivity index (χ1v) is 38.7. The summed E-state index contributed by atoms with van der Waals surface area (Å²) in [7, 11) is 0. The molecular formula is C53H78F12I2O4Sb2. The summed E-state index contributed by atoms with van der Waals surface area (Å²) in [6.07, 6.45) is 22.7. The van der Waals surface area contributed by atoms with Gasteiger partial charge >= 0.3 is 111 Å². The molecular weight excluding hydrogens is 1430 g/mol. The summed E-state index contributed by atoms with van der Waals surface area (Å²) in [4.78, 5) is 0. The van der Waals surface area contributed by atoms with Crippen LogP contribution in [-0.4, -0.2) is 76.2 Å². The van der Waals surface area contributed by atoms with Crippen LogP contribution >= 0.6 is 0 Å². The van der Waals surface area contributed by atoms with Gasteiger partial charge in [-0.2, -0.15) is 0 Å². The molecule has 4 nitrogen and oxygen atoms in total. The van der Waals surface area contributed by atoms with E-state index in [1.54, 1.807) is 0 Å². The number of aryl methyl sites for hydroxylation is 1. The summed E-state index contributed by atoms with van der Waals surface area (Å²) in [5.41, 5.74) is 1.31. The summed E-state index contributed by atoms with van der Waals surface area (Å²) in [6, 6.07) is 36.3. The first-order chi connectivity index (χ1) is 33.2. The van der Waals surface area contributed by atoms with E-state index in [0.717, 1.165) is 24.3 Å². The maximum atomic E-state index is 10.4. The topological polar surface area (TPSA) is 58.9 Å². The van der Waals surface area contributed by atoms with E-state index >= 15 is 0 Å². The van der Waals surface area contributed by atoms with Crippen molar-refractivity contribution in [2.45, 2.75) is 162 Å². The van der Waals surface area contributed by atoms with Crippen LogP contribution < -0.4 is 61.3 Å². The van der Waals surface area contributed by atoms with Crippen molar-refractivity contribution in [3.63, 3.8) is 0 Å². The second-order valence-corrected chi connectivity index (χ2v) is 31.1. The average molecular weight is 1500 g/mol. The number of benzene rings is 4. The Balaban J connectivity index is 0. The first kappa shape index (κ1) is 73.7. The molecule has 4 rings (SSSR count). The van der Waals surface area contributed by atoms with Gasteiger partial charge in [-0.15, -0.1) is 0 Å². The van der Waals surface area contributed by atoms with Gasteiger partial charge < -0.3 is 29.1 Å². The van der Waals surface area contributed by atoms with Crippen LogP contribution in [0.4, 0.5) is 28.1 Å². The molecule has 0 heterocycles. The second-order valence-electron chi connectivity index (χ2n) is 17.7. The first-order valence-electron chi connectivity index (χ1n) is 24.7. The zero-order chi connectivity index (χ0) is 53.2. The van der Waals surface area contributed by atoms with Crippen molar-refractivity contribution < 1.29 is 99.6 Å². The molecule has 0 amide bonds. The van der Waals surface area contributed by atoms with Gasteiger partial charge in [0.05, 0.1) is 12.2 Å². The van der Waals surface area contributed by atoms with Gasteiger partial charge in [-0.1, -0.05) is 166 Å². The molecule has 4 atom stereocenters. The Bertz CT molecular complexity index is 1870. The molecule has 20 heteroatoms. The minimum atomic E-state index is -9.19. The van der Waals surface area contributed by atoms with E-state index < -0.39 is 52.8 Å². The normalized spacial score (nSPS) is 13.8. The SMILES string of the molecule is CCCCCCCCCCC(C)C(O)COc1ccc([I+]c2ccc(C)cc2)cc1.CCCCCCCCCCC(C)C(O)COc1ccc([I+]c2ccccc2)cc1.[F-].[F-].[F][Sb]([F])([F])([F])[F].[F][Sb]([F])([F])([F])[F]. The van der Waals surface area contributed by atoms with Gasteiger partial charge in [-0.05, 0) is 104 Å². The van der Waals surface area contributed by atoms with Gasteiger partial charge in [0.25, 0.3) is 0 Å². The second kappa shape index (κ2) is 39.9. The molecule has 0 aromatic heterocycles. The number of hydrogen-bond donors (Lipinski definition) is 2. The van der Waals surface area contributed by atoms with E-state index in [4.69, 9.17) is 9.47 Å². The molecule has 422 valence electrons. The number of rotatable bonds is 30. The molecule has 0 saturated heterocycles. The van der Waals surface area contributed by atoms with E-state index in [9.17, 15) is 38.3 Å². The summed E-state index contributed by atoms with van der Waals surface area (Å²) < 4.78 is 116. The number of hydrogen-bond acceptors (Lipinski definition) is 4. The zero-order valence-electron chi connectivity index (χ0n) is 42.7. The van der Waals surface area contributed by atoms with E-state index in [1.807, 2.05) is 24.3 Å². The Morgan fingerprint density at radius 2 is 0.671 bits per heavy atom. The van der Waals surface area contributed by atoms with Crippen LogP contribution in [0.15, 0.2) is 103 Å². The van der Waals surface area contributed by atoms with Gasteiger partial charge in [0.2, 0.25) is 0 Å². The third-order valence-electron chi connectivity index (χ3n) is 11.0. The van der Waals surface area contributed by atoms with Crippen molar-refractivity contribution in [2.24, 2.45) is 11.8 Å². The number of halogens is 14. The monoisotopic (exact) mass is 1500 g/mol. The fraction of sp³-hybridized carbons (Fsp3) is 0.547. The van der Waals surface area contributed by atoms with Crippen LogP contribution in [-0.2, 0) is 0 Å². The third kappa shape index (κ3) is 48.7. The van der Waals surface area contributed by atoms with Crippen LogP contribution in [0.25, 0.3) is 0 Å². The molecule has 0 fully saturated rings. The quantitative estimate of drug-likeness (QED) is 0.0327. The molecule has 0 saturated carbocycles. The van der Waals surface area contributed by atoms with Crippen LogP contribution in [0.5, 0.6) is 11.5 Å². The van der Waals surface area contributed by atoms with Crippen molar-refractivity contribution in [3.05, 3.63) is 123 Å². The van der Waals surface area contributed by atoms with E-state index in [0.29, 0.717) is 19.1 Å². The average Bonchev–Trinajstić information content (AvgIpc) is 3.29. The van der Waals surface area contributed by atoms with Crippen LogP contribution in [0.1, 0.15) is 149 Å². The molecule has 0 aliphatic carbocycles. The van der Waals surface area contributed by atoms with Crippen molar-refractivity contribution in [1.29, 1.82) is 0 Å². The van der Waals surface area contributed by atoms with Gasteiger partial charge in [-0.25, -0.2) is 0 Å². The van der Waals surface area contributed by atoms with Crippen molar-refractivity contribution in [3.8, 4) is 11.5 Å². The third-order valence-corrected chi connectivity index (χ3v) is 16.4. The minimum absolute atomic E-state index is 0. The summed E-state index contributed by atoms with van der Waals surface area (Å²) >= 11 is -18.7. The molecule has 2 N–H and O–H groups in total. The van der Waals surface area contributed by atoms with Crippen molar-refractivity contribution in [1.82, 2.24) is 0 Å². The molecule has 73 heavy (non-hydrogen) atoms. The van der Waals surface area contributed by atoms with E-state index in [-0.39, 0.29) is 57.7 Å². The Kier molecular flexibility index (Phi) is 40.3. The van der Waals surface area contributed by atoms with Crippen LogP contribution in [0.2, 0.25) is 0 Å².